The molecule has 0 saturated heterocycles. The Balaban J connectivity index is 1.11. The molecule has 518 valence electrons. The van der Waals surface area contributed by atoms with E-state index in [0.29, 0.717) is 52.7 Å². The minimum absolute atomic E-state index is 0.666. The van der Waals surface area contributed by atoms with Crippen molar-refractivity contribution >= 4 is 21.5 Å². The fourth-order valence-corrected chi connectivity index (χ4v) is 13.2. The second-order valence-corrected chi connectivity index (χ2v) is 27.1. The molecular weight excluding hydrogens is 1160 g/mol. The van der Waals surface area contributed by atoms with Crippen molar-refractivity contribution in [3.8, 4) is 34.5 Å². The Morgan fingerprint density at radius 1 is 0.287 bits per heavy atom. The number of rotatable bonds is 56. The van der Waals surface area contributed by atoms with Crippen LogP contribution in [0.15, 0.2) is 110 Å². The van der Waals surface area contributed by atoms with E-state index in [1.807, 2.05) is 0 Å². The number of benzene rings is 5. The lowest BCUT2D eigenvalue weighted by Gasteiger charge is -2.19. The zero-order chi connectivity index (χ0) is 65.9. The van der Waals surface area contributed by atoms with Gasteiger partial charge in [0.15, 0.2) is 23.0 Å². The predicted octanol–water partition coefficient (Wildman–Crippen LogP) is 22.8. The lowest BCUT2D eigenvalue weighted by Crippen LogP contribution is -2.31. The standard InChI is InChI=1S/C84H128N4O6/c1-7-13-19-25-31-41-55-89-79-61-71(62-80(90-56-42-32-26-20-14-8-2)83(79)93-59-45-35-29-23-17-11-5)65-85-51-53-87(69-85)67-77-73-47-37-39-49-75(73)78(76-50-40-38-48-74(76)77)68-88-54-52-86(70-88)66-72-63-81(91-57-43-33-27-21-15-9-3)84(94-60-46-36-30-24-18-12-6)82(64-72)92-58-44-34-28-22-16-10-4/h37-40,47-54,61-64,69-70H,7-36,41-46,55-60,65-68H2,1-6H3/q+2. The Kier molecular flexibility index (Phi) is 36.9. The molecule has 0 fully saturated rings. The monoisotopic (exact) mass is 1290 g/mol. The maximum absolute atomic E-state index is 6.73. The summed E-state index contributed by atoms with van der Waals surface area (Å²) in [5, 5.41) is 5.14. The molecule has 0 bridgehead atoms. The van der Waals surface area contributed by atoms with Crippen molar-refractivity contribution < 1.29 is 37.6 Å². The summed E-state index contributed by atoms with van der Waals surface area (Å²) in [6, 6.07) is 27.0. The normalized spacial score (nSPS) is 11.6. The molecule has 10 heteroatoms. The fraction of sp³-hybridized carbons (Fsp3) is 0.619. The summed E-state index contributed by atoms with van der Waals surface area (Å²) in [5.41, 5.74) is 4.94. The highest BCUT2D eigenvalue weighted by molar-refractivity contribution is 6.05. The number of unbranched alkanes of at least 4 members (excludes halogenated alkanes) is 30. The lowest BCUT2D eigenvalue weighted by molar-refractivity contribution is -0.688. The average molecular weight is 1290 g/mol. The molecule has 0 aliphatic rings. The van der Waals surface area contributed by atoms with Gasteiger partial charge in [-0.05, 0) is 84.3 Å². The molecule has 0 spiro atoms. The van der Waals surface area contributed by atoms with Crippen LogP contribution in [0.3, 0.4) is 0 Å². The summed E-state index contributed by atoms with van der Waals surface area (Å²) in [6.07, 6.45) is 57.3. The Labute approximate surface area is 570 Å². The van der Waals surface area contributed by atoms with Gasteiger partial charge < -0.3 is 28.4 Å². The van der Waals surface area contributed by atoms with Crippen molar-refractivity contribution in [2.75, 3.05) is 39.6 Å². The van der Waals surface area contributed by atoms with Crippen molar-refractivity contribution in [3.63, 3.8) is 0 Å². The van der Waals surface area contributed by atoms with E-state index in [2.05, 4.69) is 170 Å². The summed E-state index contributed by atoms with van der Waals surface area (Å²) in [4.78, 5) is 0. The number of ether oxygens (including phenoxy) is 6. The van der Waals surface area contributed by atoms with Crippen molar-refractivity contribution in [2.45, 2.75) is 299 Å². The van der Waals surface area contributed by atoms with Gasteiger partial charge in [0, 0.05) is 22.3 Å². The van der Waals surface area contributed by atoms with Crippen LogP contribution in [0.2, 0.25) is 0 Å². The highest BCUT2D eigenvalue weighted by Crippen LogP contribution is 2.42. The molecule has 10 nitrogen and oxygen atoms in total. The van der Waals surface area contributed by atoms with Crippen LogP contribution in [-0.4, -0.2) is 48.8 Å². The lowest BCUT2D eigenvalue weighted by atomic mass is 9.91. The smallest absolute Gasteiger partial charge is 0.244 e. The average Bonchev–Trinajstić information content (AvgIpc) is 0.970. The number of hydrogen-bond acceptors (Lipinski definition) is 6. The maximum Gasteiger partial charge on any atom is 0.244 e. The molecule has 0 amide bonds. The molecule has 0 N–H and O–H groups in total. The molecule has 0 atom stereocenters. The first-order valence-electron chi connectivity index (χ1n) is 38.6. The molecule has 7 rings (SSSR count). The van der Waals surface area contributed by atoms with E-state index in [0.717, 1.165) is 97.2 Å². The number of imidazole rings is 2. The molecule has 0 saturated carbocycles. The van der Waals surface area contributed by atoms with Gasteiger partial charge in [0.2, 0.25) is 24.2 Å². The van der Waals surface area contributed by atoms with Gasteiger partial charge in [-0.2, -0.15) is 0 Å². The molecule has 7 aromatic rings. The third-order valence-corrected chi connectivity index (χ3v) is 18.7. The first kappa shape index (κ1) is 75.2. The van der Waals surface area contributed by atoms with Crippen LogP contribution >= 0.6 is 0 Å². The third kappa shape index (κ3) is 26.8. The molecule has 5 aromatic carbocycles. The molecular formula is C84H128N4O6+2. The van der Waals surface area contributed by atoms with E-state index in [-0.39, 0.29) is 0 Å². The number of hydrogen-bond donors (Lipinski definition) is 0. The summed E-state index contributed by atoms with van der Waals surface area (Å²) in [7, 11) is 0. The van der Waals surface area contributed by atoms with Gasteiger partial charge in [-0.15, -0.1) is 0 Å². The third-order valence-electron chi connectivity index (χ3n) is 18.7. The van der Waals surface area contributed by atoms with Crippen LogP contribution in [0, 0.1) is 0 Å². The van der Waals surface area contributed by atoms with Crippen LogP contribution in [0.1, 0.15) is 295 Å². The molecule has 2 aromatic heterocycles. The fourth-order valence-electron chi connectivity index (χ4n) is 13.2. The van der Waals surface area contributed by atoms with Gasteiger partial charge in [-0.25, -0.2) is 18.3 Å². The van der Waals surface area contributed by atoms with Crippen molar-refractivity contribution in [3.05, 3.63) is 132 Å². The Morgan fingerprint density at radius 2 is 0.521 bits per heavy atom. The Morgan fingerprint density at radius 3 is 0.777 bits per heavy atom. The predicted molar refractivity (Wildman–Crippen MR) is 393 cm³/mol. The van der Waals surface area contributed by atoms with Crippen molar-refractivity contribution in [2.24, 2.45) is 0 Å². The quantitative estimate of drug-likeness (QED) is 0.0215. The van der Waals surface area contributed by atoms with Crippen molar-refractivity contribution in [1.82, 2.24) is 9.13 Å². The minimum Gasteiger partial charge on any atom is -0.490 e. The Hall–Kier alpha value is -6.16. The second-order valence-electron chi connectivity index (χ2n) is 27.1. The van der Waals surface area contributed by atoms with E-state index < -0.39 is 0 Å². The van der Waals surface area contributed by atoms with Gasteiger partial charge in [0.1, 0.15) is 51.0 Å². The van der Waals surface area contributed by atoms with Crippen LogP contribution in [0.4, 0.5) is 0 Å². The van der Waals surface area contributed by atoms with Crippen LogP contribution in [0.5, 0.6) is 34.5 Å². The number of nitrogens with zero attached hydrogens (tertiary/aromatic N) is 4. The summed E-state index contributed by atoms with van der Waals surface area (Å²) in [6.45, 7) is 20.6. The Bertz CT molecular complexity index is 2780. The zero-order valence-electron chi connectivity index (χ0n) is 60.2. The van der Waals surface area contributed by atoms with E-state index in [9.17, 15) is 0 Å². The van der Waals surface area contributed by atoms with Crippen LogP contribution in [-0.2, 0) is 26.2 Å². The molecule has 2 heterocycles. The molecule has 0 unspecified atom stereocenters. The summed E-state index contributed by atoms with van der Waals surface area (Å²) in [5.74, 6) is 4.80. The first-order valence-corrected chi connectivity index (χ1v) is 38.6. The SMILES string of the molecule is CCCCCCCCOc1cc(C[n+]2ccn(Cc3c4ccccc4c(Cn4cc[n+](Cc5cc(OCCCCCCCC)c(OCCCCCCCC)c(OCCCCCCCC)c5)c4)c4ccccc34)c2)cc(OCCCCCCCC)c1OCCCCCCCC. The van der Waals surface area contributed by atoms with Gasteiger partial charge in [0.05, 0.1) is 39.6 Å². The highest BCUT2D eigenvalue weighted by Gasteiger charge is 2.23. The minimum atomic E-state index is 0.666. The van der Waals surface area contributed by atoms with Crippen molar-refractivity contribution in [1.29, 1.82) is 0 Å². The highest BCUT2D eigenvalue weighted by atomic mass is 16.5. The van der Waals surface area contributed by atoms with E-state index in [1.165, 1.54) is 225 Å². The van der Waals surface area contributed by atoms with Gasteiger partial charge in [0.25, 0.3) is 0 Å². The second kappa shape index (κ2) is 46.1. The van der Waals surface area contributed by atoms with E-state index in [4.69, 9.17) is 28.4 Å². The largest absolute Gasteiger partial charge is 0.490 e. The topological polar surface area (TPSA) is 73.0 Å². The summed E-state index contributed by atoms with van der Waals surface area (Å²) < 4.78 is 49.6. The molecule has 0 aliphatic heterocycles. The number of fused-ring (bicyclic) bond motifs is 2. The van der Waals surface area contributed by atoms with Gasteiger partial charge >= 0.3 is 0 Å². The maximum atomic E-state index is 6.73. The molecule has 0 aliphatic carbocycles. The van der Waals surface area contributed by atoms with Crippen LogP contribution < -0.4 is 37.6 Å². The first-order chi connectivity index (χ1) is 46.5. The molecule has 94 heavy (non-hydrogen) atoms. The van der Waals surface area contributed by atoms with E-state index in [1.54, 1.807) is 0 Å². The van der Waals surface area contributed by atoms with Gasteiger partial charge in [-0.1, -0.05) is 283 Å². The van der Waals surface area contributed by atoms with Crippen LogP contribution in [0.25, 0.3) is 21.5 Å². The summed E-state index contributed by atoms with van der Waals surface area (Å²) >= 11 is 0. The molecule has 0 radical (unpaired) electrons. The zero-order valence-corrected chi connectivity index (χ0v) is 60.2. The van der Waals surface area contributed by atoms with E-state index >= 15 is 0 Å². The van der Waals surface area contributed by atoms with Gasteiger partial charge in [-0.3, -0.25) is 0 Å². The number of aromatic nitrogens is 4.